The lowest BCUT2D eigenvalue weighted by Gasteiger charge is -2.09. The first-order valence-corrected chi connectivity index (χ1v) is 6.57. The van der Waals surface area contributed by atoms with Crippen molar-refractivity contribution >= 4 is 0 Å². The smallest absolute Gasteiger partial charge is 0.160 e. The van der Waals surface area contributed by atoms with Crippen LogP contribution in [0.25, 0.3) is 0 Å². The van der Waals surface area contributed by atoms with Crippen LogP contribution >= 0.6 is 0 Å². The van der Waals surface area contributed by atoms with Gasteiger partial charge in [0.25, 0.3) is 0 Å². The first kappa shape index (κ1) is 12.1. The molecular weight excluding hydrogens is 240 g/mol. The summed E-state index contributed by atoms with van der Waals surface area (Å²) in [6.45, 7) is 0. The summed E-state index contributed by atoms with van der Waals surface area (Å²) in [7, 11) is 3.31. The van der Waals surface area contributed by atoms with Crippen LogP contribution < -0.4 is 9.47 Å². The monoisotopic (exact) mass is 258 g/mol. The Morgan fingerprint density at radius 2 is 2.00 bits per heavy atom. The van der Waals surface area contributed by atoms with Crippen molar-refractivity contribution in [1.82, 2.24) is 10.2 Å². The van der Waals surface area contributed by atoms with E-state index in [-0.39, 0.29) is 0 Å². The third-order valence-corrected chi connectivity index (χ3v) is 3.71. The SMILES string of the molecule is COc1ccc(Cc2n[nH]c3c2CCC3)cc1OC. The van der Waals surface area contributed by atoms with Crippen molar-refractivity contribution in [3.05, 3.63) is 40.7 Å². The Morgan fingerprint density at radius 3 is 2.79 bits per heavy atom. The third kappa shape index (κ3) is 2.18. The normalized spacial score (nSPS) is 13.4. The van der Waals surface area contributed by atoms with Crippen molar-refractivity contribution < 1.29 is 9.47 Å². The zero-order valence-corrected chi connectivity index (χ0v) is 11.3. The number of hydrogen-bond acceptors (Lipinski definition) is 3. The van der Waals surface area contributed by atoms with E-state index in [1.54, 1.807) is 14.2 Å². The molecule has 0 amide bonds. The van der Waals surface area contributed by atoms with E-state index in [9.17, 15) is 0 Å². The molecule has 1 heterocycles. The van der Waals surface area contributed by atoms with E-state index in [1.807, 2.05) is 12.1 Å². The van der Waals surface area contributed by atoms with E-state index < -0.39 is 0 Å². The summed E-state index contributed by atoms with van der Waals surface area (Å²) in [5.41, 5.74) is 5.09. The predicted molar refractivity (Wildman–Crippen MR) is 73.0 cm³/mol. The summed E-state index contributed by atoms with van der Waals surface area (Å²) in [6, 6.07) is 6.04. The van der Waals surface area contributed by atoms with E-state index in [0.717, 1.165) is 30.8 Å². The highest BCUT2D eigenvalue weighted by Crippen LogP contribution is 2.30. The molecule has 19 heavy (non-hydrogen) atoms. The summed E-state index contributed by atoms with van der Waals surface area (Å²) < 4.78 is 10.6. The Hall–Kier alpha value is -1.97. The number of aromatic nitrogens is 2. The second-order valence-electron chi connectivity index (χ2n) is 4.85. The van der Waals surface area contributed by atoms with Crippen LogP contribution in [0.2, 0.25) is 0 Å². The molecule has 0 radical (unpaired) electrons. The largest absolute Gasteiger partial charge is 0.493 e. The minimum atomic E-state index is 0.763. The first-order valence-electron chi connectivity index (χ1n) is 6.57. The van der Waals surface area contributed by atoms with Crippen molar-refractivity contribution in [3.63, 3.8) is 0 Å². The number of ether oxygens (including phenoxy) is 2. The zero-order chi connectivity index (χ0) is 13.2. The zero-order valence-electron chi connectivity index (χ0n) is 11.3. The maximum absolute atomic E-state index is 5.34. The Morgan fingerprint density at radius 1 is 1.16 bits per heavy atom. The highest BCUT2D eigenvalue weighted by atomic mass is 16.5. The van der Waals surface area contributed by atoms with Crippen LogP contribution in [0, 0.1) is 0 Å². The van der Waals surface area contributed by atoms with Crippen LogP contribution in [-0.2, 0) is 19.3 Å². The molecule has 0 bridgehead atoms. The van der Waals surface area contributed by atoms with Gasteiger partial charge in [0.2, 0.25) is 0 Å². The highest BCUT2D eigenvalue weighted by molar-refractivity contribution is 5.44. The maximum Gasteiger partial charge on any atom is 0.160 e. The first-order chi connectivity index (χ1) is 9.31. The summed E-state index contributed by atoms with van der Waals surface area (Å²) in [4.78, 5) is 0. The van der Waals surface area contributed by atoms with Gasteiger partial charge in [-0.25, -0.2) is 0 Å². The van der Waals surface area contributed by atoms with Gasteiger partial charge in [0.05, 0.1) is 19.9 Å². The fraction of sp³-hybridized carbons (Fsp3) is 0.400. The lowest BCUT2D eigenvalue weighted by molar-refractivity contribution is 0.354. The van der Waals surface area contributed by atoms with Gasteiger partial charge in [-0.1, -0.05) is 6.07 Å². The van der Waals surface area contributed by atoms with E-state index >= 15 is 0 Å². The average Bonchev–Trinajstić information content (AvgIpc) is 3.03. The molecule has 4 nitrogen and oxygen atoms in total. The van der Waals surface area contributed by atoms with Gasteiger partial charge >= 0.3 is 0 Å². The molecule has 1 aromatic carbocycles. The predicted octanol–water partition coefficient (Wildman–Crippen LogP) is 2.51. The second kappa shape index (κ2) is 4.96. The molecule has 1 N–H and O–H groups in total. The molecule has 0 unspecified atom stereocenters. The number of aryl methyl sites for hydroxylation is 1. The fourth-order valence-corrected chi connectivity index (χ4v) is 2.72. The van der Waals surface area contributed by atoms with Gasteiger partial charge in [-0.05, 0) is 42.5 Å². The number of fused-ring (bicyclic) bond motifs is 1. The number of methoxy groups -OCH3 is 2. The van der Waals surface area contributed by atoms with Gasteiger partial charge in [0.1, 0.15) is 0 Å². The highest BCUT2D eigenvalue weighted by Gasteiger charge is 2.18. The van der Waals surface area contributed by atoms with Crippen LogP contribution in [0.3, 0.4) is 0 Å². The van der Waals surface area contributed by atoms with Crippen molar-refractivity contribution in [3.8, 4) is 11.5 Å². The number of aromatic amines is 1. The minimum Gasteiger partial charge on any atom is -0.493 e. The Kier molecular flexibility index (Phi) is 3.15. The Bertz CT molecular complexity index is 590. The van der Waals surface area contributed by atoms with Crippen LogP contribution in [0.4, 0.5) is 0 Å². The summed E-state index contributed by atoms with van der Waals surface area (Å²) in [5.74, 6) is 1.53. The fourth-order valence-electron chi connectivity index (χ4n) is 2.72. The molecule has 1 aliphatic carbocycles. The summed E-state index contributed by atoms with van der Waals surface area (Å²) >= 11 is 0. The van der Waals surface area contributed by atoms with Gasteiger partial charge < -0.3 is 9.47 Å². The number of H-pyrrole nitrogens is 1. The molecule has 0 saturated carbocycles. The lowest BCUT2D eigenvalue weighted by Crippen LogP contribution is -1.96. The van der Waals surface area contributed by atoms with Crippen LogP contribution in [-0.4, -0.2) is 24.4 Å². The second-order valence-corrected chi connectivity index (χ2v) is 4.85. The molecule has 0 atom stereocenters. The van der Waals surface area contributed by atoms with Gasteiger partial charge in [0, 0.05) is 12.1 Å². The quantitative estimate of drug-likeness (QED) is 0.916. The van der Waals surface area contributed by atoms with Gasteiger partial charge in [0.15, 0.2) is 11.5 Å². The summed E-state index contributed by atoms with van der Waals surface area (Å²) in [6.07, 6.45) is 4.36. The topological polar surface area (TPSA) is 47.1 Å². The average molecular weight is 258 g/mol. The maximum atomic E-state index is 5.34. The number of benzene rings is 1. The molecule has 0 aliphatic heterocycles. The lowest BCUT2D eigenvalue weighted by atomic mass is 10.1. The molecular formula is C15H18N2O2. The number of rotatable bonds is 4. The van der Waals surface area contributed by atoms with Crippen molar-refractivity contribution in [2.24, 2.45) is 0 Å². The van der Waals surface area contributed by atoms with Crippen molar-refractivity contribution in [2.75, 3.05) is 14.2 Å². The Balaban J connectivity index is 1.86. The number of nitrogens with one attached hydrogen (secondary N) is 1. The third-order valence-electron chi connectivity index (χ3n) is 3.71. The molecule has 4 heteroatoms. The van der Waals surface area contributed by atoms with E-state index in [0.29, 0.717) is 0 Å². The van der Waals surface area contributed by atoms with Gasteiger partial charge in [-0.3, -0.25) is 5.10 Å². The molecule has 0 spiro atoms. The molecule has 2 aromatic rings. The van der Waals surface area contributed by atoms with Crippen molar-refractivity contribution in [2.45, 2.75) is 25.7 Å². The summed E-state index contributed by atoms with van der Waals surface area (Å²) in [5, 5.41) is 7.59. The molecule has 3 rings (SSSR count). The van der Waals surface area contributed by atoms with E-state index in [4.69, 9.17) is 9.47 Å². The molecule has 100 valence electrons. The minimum absolute atomic E-state index is 0.763. The van der Waals surface area contributed by atoms with Crippen LogP contribution in [0.1, 0.15) is 28.9 Å². The van der Waals surface area contributed by atoms with Crippen LogP contribution in [0.5, 0.6) is 11.5 Å². The van der Waals surface area contributed by atoms with E-state index in [1.165, 1.54) is 28.9 Å². The molecule has 0 saturated heterocycles. The number of nitrogens with zero attached hydrogens (tertiary/aromatic N) is 1. The molecule has 0 fully saturated rings. The van der Waals surface area contributed by atoms with E-state index in [2.05, 4.69) is 16.3 Å². The Labute approximate surface area is 112 Å². The molecule has 1 aliphatic rings. The molecule has 1 aromatic heterocycles. The van der Waals surface area contributed by atoms with Crippen LogP contribution in [0.15, 0.2) is 18.2 Å². The number of hydrogen-bond donors (Lipinski definition) is 1. The van der Waals surface area contributed by atoms with Gasteiger partial charge in [-0.15, -0.1) is 0 Å². The standard InChI is InChI=1S/C15H18N2O2/c1-18-14-7-6-10(9-15(14)19-2)8-13-11-4-3-5-12(11)16-17-13/h6-7,9H,3-5,8H2,1-2H3,(H,16,17). The van der Waals surface area contributed by atoms with Crippen molar-refractivity contribution in [1.29, 1.82) is 0 Å². The van der Waals surface area contributed by atoms with Gasteiger partial charge in [-0.2, -0.15) is 5.10 Å².